The molecule has 0 heterocycles. The Kier molecular flexibility index (Phi) is 4.61. The molecule has 1 heteroatoms. The van der Waals surface area contributed by atoms with Crippen molar-refractivity contribution in [3.63, 3.8) is 0 Å². The van der Waals surface area contributed by atoms with Gasteiger partial charge in [-0.3, -0.25) is 0 Å². The van der Waals surface area contributed by atoms with Crippen molar-refractivity contribution in [2.75, 3.05) is 13.1 Å². The zero-order chi connectivity index (χ0) is 12.1. The van der Waals surface area contributed by atoms with E-state index < -0.39 is 0 Å². The topological polar surface area (TPSA) is 3.24 Å². The van der Waals surface area contributed by atoms with E-state index in [2.05, 4.69) is 43.0 Å². The van der Waals surface area contributed by atoms with Gasteiger partial charge in [-0.15, -0.1) is 0 Å². The number of hydrogen-bond donors (Lipinski definition) is 0. The SMILES string of the molecule is CCCN(CCC)[C@@H]1CCc2ccccc2C1. The van der Waals surface area contributed by atoms with Crippen LogP contribution in [0.2, 0.25) is 0 Å². The largest absolute Gasteiger partial charge is 0.300 e. The van der Waals surface area contributed by atoms with E-state index in [4.69, 9.17) is 0 Å². The Morgan fingerprint density at radius 3 is 2.35 bits per heavy atom. The highest BCUT2D eigenvalue weighted by Gasteiger charge is 2.22. The van der Waals surface area contributed by atoms with Crippen molar-refractivity contribution in [3.8, 4) is 0 Å². The molecule has 0 bridgehead atoms. The van der Waals surface area contributed by atoms with Crippen molar-refractivity contribution in [2.45, 2.75) is 52.0 Å². The molecule has 0 spiro atoms. The van der Waals surface area contributed by atoms with Gasteiger partial charge < -0.3 is 4.90 Å². The first-order chi connectivity index (χ1) is 8.35. The monoisotopic (exact) mass is 231 g/mol. The molecule has 94 valence electrons. The molecule has 0 fully saturated rings. The molecule has 0 saturated carbocycles. The van der Waals surface area contributed by atoms with Gasteiger partial charge in [-0.2, -0.15) is 0 Å². The van der Waals surface area contributed by atoms with E-state index in [1.54, 1.807) is 11.1 Å². The van der Waals surface area contributed by atoms with Crippen LogP contribution in [-0.2, 0) is 12.8 Å². The molecule has 0 aliphatic heterocycles. The van der Waals surface area contributed by atoms with Crippen LogP contribution < -0.4 is 0 Å². The maximum Gasteiger partial charge on any atom is 0.0139 e. The molecule has 0 N–H and O–H groups in total. The zero-order valence-corrected chi connectivity index (χ0v) is 11.3. The summed E-state index contributed by atoms with van der Waals surface area (Å²) in [5, 5.41) is 0. The second kappa shape index (κ2) is 6.20. The maximum atomic E-state index is 2.70. The number of hydrogen-bond acceptors (Lipinski definition) is 1. The van der Waals surface area contributed by atoms with Gasteiger partial charge in [0.05, 0.1) is 0 Å². The van der Waals surface area contributed by atoms with Crippen LogP contribution in [0.1, 0.15) is 44.2 Å². The lowest BCUT2D eigenvalue weighted by Gasteiger charge is -2.35. The molecule has 1 aromatic carbocycles. The fourth-order valence-electron chi connectivity index (χ4n) is 3.04. The molecule has 1 aliphatic carbocycles. The minimum Gasteiger partial charge on any atom is -0.300 e. The molecule has 1 atom stereocenters. The summed E-state index contributed by atoms with van der Waals surface area (Å²) in [6.45, 7) is 7.11. The lowest BCUT2D eigenvalue weighted by molar-refractivity contribution is 0.180. The van der Waals surface area contributed by atoms with Crippen LogP contribution in [-0.4, -0.2) is 24.0 Å². The summed E-state index contributed by atoms with van der Waals surface area (Å²) >= 11 is 0. The van der Waals surface area contributed by atoms with Crippen molar-refractivity contribution < 1.29 is 0 Å². The average Bonchev–Trinajstić information content (AvgIpc) is 2.38. The van der Waals surface area contributed by atoms with Crippen LogP contribution >= 0.6 is 0 Å². The molecule has 1 nitrogen and oxygen atoms in total. The summed E-state index contributed by atoms with van der Waals surface area (Å²) in [5.74, 6) is 0. The molecule has 0 unspecified atom stereocenters. The Balaban J connectivity index is 2.04. The van der Waals surface area contributed by atoms with Crippen molar-refractivity contribution in [1.29, 1.82) is 0 Å². The normalized spacial score (nSPS) is 19.4. The van der Waals surface area contributed by atoms with Gasteiger partial charge in [-0.1, -0.05) is 38.1 Å². The Hall–Kier alpha value is -0.820. The van der Waals surface area contributed by atoms with E-state index in [1.165, 1.54) is 45.2 Å². The van der Waals surface area contributed by atoms with E-state index in [1.807, 2.05) is 0 Å². The van der Waals surface area contributed by atoms with Gasteiger partial charge in [-0.25, -0.2) is 0 Å². The van der Waals surface area contributed by atoms with Gasteiger partial charge in [0, 0.05) is 6.04 Å². The van der Waals surface area contributed by atoms with Crippen LogP contribution in [0, 0.1) is 0 Å². The lowest BCUT2D eigenvalue weighted by Crippen LogP contribution is -2.40. The Bertz CT molecular complexity index is 339. The van der Waals surface area contributed by atoms with Crippen molar-refractivity contribution >= 4 is 0 Å². The minimum absolute atomic E-state index is 0.782. The smallest absolute Gasteiger partial charge is 0.0139 e. The van der Waals surface area contributed by atoms with Gasteiger partial charge in [0.1, 0.15) is 0 Å². The standard InChI is InChI=1S/C16H25N/c1-3-11-17(12-4-2)16-10-9-14-7-5-6-8-15(14)13-16/h5-8,16H,3-4,9-13H2,1-2H3/t16-/m1/s1. The maximum absolute atomic E-state index is 2.70. The number of benzene rings is 1. The summed E-state index contributed by atoms with van der Waals surface area (Å²) in [5.41, 5.74) is 3.16. The summed E-state index contributed by atoms with van der Waals surface area (Å²) in [7, 11) is 0. The highest BCUT2D eigenvalue weighted by molar-refractivity contribution is 5.30. The van der Waals surface area contributed by atoms with Crippen LogP contribution in [0.5, 0.6) is 0 Å². The van der Waals surface area contributed by atoms with E-state index in [9.17, 15) is 0 Å². The Labute approximate surface area is 106 Å². The first-order valence-corrected chi connectivity index (χ1v) is 7.16. The van der Waals surface area contributed by atoms with E-state index in [0.29, 0.717) is 0 Å². The highest BCUT2D eigenvalue weighted by Crippen LogP contribution is 2.24. The Morgan fingerprint density at radius 1 is 1.06 bits per heavy atom. The molecule has 0 amide bonds. The van der Waals surface area contributed by atoms with Crippen LogP contribution in [0.15, 0.2) is 24.3 Å². The molecule has 2 rings (SSSR count). The highest BCUT2D eigenvalue weighted by atomic mass is 15.1. The van der Waals surface area contributed by atoms with Gasteiger partial charge >= 0.3 is 0 Å². The predicted molar refractivity (Wildman–Crippen MR) is 74.4 cm³/mol. The summed E-state index contributed by atoms with van der Waals surface area (Å²) in [4.78, 5) is 2.70. The van der Waals surface area contributed by atoms with Crippen molar-refractivity contribution in [1.82, 2.24) is 4.90 Å². The number of nitrogens with zero attached hydrogens (tertiary/aromatic N) is 1. The lowest BCUT2D eigenvalue weighted by atomic mass is 9.87. The third-order valence-corrected chi connectivity index (χ3v) is 3.86. The number of fused-ring (bicyclic) bond motifs is 1. The van der Waals surface area contributed by atoms with E-state index in [0.717, 1.165) is 6.04 Å². The van der Waals surface area contributed by atoms with Gasteiger partial charge in [-0.05, 0) is 56.3 Å². The van der Waals surface area contributed by atoms with Crippen LogP contribution in [0.4, 0.5) is 0 Å². The fourth-order valence-corrected chi connectivity index (χ4v) is 3.04. The molecular weight excluding hydrogens is 206 g/mol. The van der Waals surface area contributed by atoms with Gasteiger partial charge in [0.25, 0.3) is 0 Å². The third kappa shape index (κ3) is 3.10. The first-order valence-electron chi connectivity index (χ1n) is 7.16. The van der Waals surface area contributed by atoms with Crippen LogP contribution in [0.25, 0.3) is 0 Å². The molecule has 0 aromatic heterocycles. The summed E-state index contributed by atoms with van der Waals surface area (Å²) in [6, 6.07) is 9.76. The third-order valence-electron chi connectivity index (χ3n) is 3.86. The van der Waals surface area contributed by atoms with Crippen molar-refractivity contribution in [2.24, 2.45) is 0 Å². The van der Waals surface area contributed by atoms with Crippen molar-refractivity contribution in [3.05, 3.63) is 35.4 Å². The molecule has 17 heavy (non-hydrogen) atoms. The average molecular weight is 231 g/mol. The second-order valence-electron chi connectivity index (χ2n) is 5.20. The first kappa shape index (κ1) is 12.6. The molecule has 1 aromatic rings. The fraction of sp³-hybridized carbons (Fsp3) is 0.625. The van der Waals surface area contributed by atoms with Gasteiger partial charge in [0.2, 0.25) is 0 Å². The molecule has 0 radical (unpaired) electrons. The summed E-state index contributed by atoms with van der Waals surface area (Å²) < 4.78 is 0. The predicted octanol–water partition coefficient (Wildman–Crippen LogP) is 3.67. The number of aryl methyl sites for hydroxylation is 1. The molecular formula is C16H25N. The van der Waals surface area contributed by atoms with Gasteiger partial charge in [0.15, 0.2) is 0 Å². The van der Waals surface area contributed by atoms with Crippen LogP contribution in [0.3, 0.4) is 0 Å². The summed E-state index contributed by atoms with van der Waals surface area (Å²) in [6.07, 6.45) is 6.42. The minimum atomic E-state index is 0.782. The molecule has 1 aliphatic rings. The second-order valence-corrected chi connectivity index (χ2v) is 5.20. The Morgan fingerprint density at radius 2 is 1.71 bits per heavy atom. The zero-order valence-electron chi connectivity index (χ0n) is 11.3. The van der Waals surface area contributed by atoms with E-state index >= 15 is 0 Å². The number of rotatable bonds is 5. The molecule has 0 saturated heterocycles. The van der Waals surface area contributed by atoms with E-state index in [-0.39, 0.29) is 0 Å². The quantitative estimate of drug-likeness (QED) is 0.747.